The lowest BCUT2D eigenvalue weighted by Crippen LogP contribution is -2.48. The van der Waals surface area contributed by atoms with Crippen LogP contribution in [0.3, 0.4) is 0 Å². The molecule has 5 nitrogen and oxygen atoms in total. The summed E-state index contributed by atoms with van der Waals surface area (Å²) in [4.78, 5) is 13.9. The highest BCUT2D eigenvalue weighted by atomic mass is 35.5. The third-order valence-corrected chi connectivity index (χ3v) is 4.26. The quantitative estimate of drug-likeness (QED) is 0.821. The van der Waals surface area contributed by atoms with Gasteiger partial charge in [-0.3, -0.25) is 9.69 Å². The molecule has 0 aliphatic carbocycles. The van der Waals surface area contributed by atoms with E-state index >= 15 is 0 Å². The number of nitrogens with two attached hydrogens (primary N) is 1. The van der Waals surface area contributed by atoms with Crippen LogP contribution in [0, 0.1) is 5.82 Å². The van der Waals surface area contributed by atoms with Crippen molar-refractivity contribution in [3.63, 3.8) is 0 Å². The van der Waals surface area contributed by atoms with Crippen molar-refractivity contribution < 1.29 is 13.9 Å². The molecule has 1 heterocycles. The van der Waals surface area contributed by atoms with Gasteiger partial charge < -0.3 is 15.8 Å². The predicted octanol–water partition coefficient (Wildman–Crippen LogP) is 2.13. The number of halogens is 3. The van der Waals surface area contributed by atoms with Gasteiger partial charge in [-0.2, -0.15) is 0 Å². The smallest absolute Gasteiger partial charge is 0.236 e. The van der Waals surface area contributed by atoms with E-state index in [0.29, 0.717) is 30.3 Å². The lowest BCUT2D eigenvalue weighted by atomic mass is 10.0. The average Bonchev–Trinajstić information content (AvgIpc) is 2.49. The largest absolute Gasteiger partial charge is 0.376 e. The lowest BCUT2D eigenvalue weighted by Gasteiger charge is -2.38. The SMILES string of the molecule is CC1CN(C(CNC(=O)C(C)N)c2c(F)cccc2Cl)CCO1.Cl. The number of carbonyl (C=O) groups is 1. The summed E-state index contributed by atoms with van der Waals surface area (Å²) in [5.74, 6) is -0.652. The van der Waals surface area contributed by atoms with Crippen LogP contribution in [-0.4, -0.2) is 49.2 Å². The van der Waals surface area contributed by atoms with Gasteiger partial charge >= 0.3 is 0 Å². The van der Waals surface area contributed by atoms with Crippen LogP contribution >= 0.6 is 24.0 Å². The summed E-state index contributed by atoms with van der Waals surface area (Å²) in [7, 11) is 0. The molecule has 1 aromatic carbocycles. The summed E-state index contributed by atoms with van der Waals surface area (Å²) >= 11 is 6.22. The Hall–Kier alpha value is -0.920. The molecule has 1 saturated heterocycles. The molecule has 1 aliphatic heterocycles. The molecular formula is C16H24Cl2FN3O2. The Labute approximate surface area is 153 Å². The number of rotatable bonds is 5. The molecule has 0 spiro atoms. The zero-order valence-corrected chi connectivity index (χ0v) is 15.4. The van der Waals surface area contributed by atoms with E-state index in [1.807, 2.05) is 6.92 Å². The summed E-state index contributed by atoms with van der Waals surface area (Å²) in [5, 5.41) is 3.13. The summed E-state index contributed by atoms with van der Waals surface area (Å²) < 4.78 is 19.9. The molecule has 3 atom stereocenters. The van der Waals surface area contributed by atoms with Crippen LogP contribution < -0.4 is 11.1 Å². The molecule has 1 aliphatic rings. The summed E-state index contributed by atoms with van der Waals surface area (Å²) in [6.07, 6.45) is 0.0425. The number of ether oxygens (including phenoxy) is 1. The number of morpholine rings is 1. The first-order valence-electron chi connectivity index (χ1n) is 7.73. The monoisotopic (exact) mass is 379 g/mol. The fourth-order valence-electron chi connectivity index (χ4n) is 2.73. The van der Waals surface area contributed by atoms with Crippen molar-refractivity contribution in [1.29, 1.82) is 0 Å². The van der Waals surface area contributed by atoms with Crippen molar-refractivity contribution in [2.75, 3.05) is 26.2 Å². The number of carbonyl (C=O) groups excluding carboxylic acids is 1. The van der Waals surface area contributed by atoms with Crippen molar-refractivity contribution in [3.05, 3.63) is 34.6 Å². The number of hydrogen-bond donors (Lipinski definition) is 2. The number of benzene rings is 1. The van der Waals surface area contributed by atoms with E-state index in [4.69, 9.17) is 22.1 Å². The summed E-state index contributed by atoms with van der Waals surface area (Å²) in [5.41, 5.74) is 5.97. The molecule has 0 bridgehead atoms. The second-order valence-corrected chi connectivity index (χ2v) is 6.27. The Morgan fingerprint density at radius 2 is 2.29 bits per heavy atom. The first-order chi connectivity index (χ1) is 10.9. The Kier molecular flexibility index (Phi) is 8.39. The van der Waals surface area contributed by atoms with Crippen molar-refractivity contribution in [1.82, 2.24) is 10.2 Å². The molecule has 2 rings (SSSR count). The minimum atomic E-state index is -0.615. The number of hydrogen-bond acceptors (Lipinski definition) is 4. The summed E-state index contributed by atoms with van der Waals surface area (Å²) in [6.45, 7) is 5.67. The standard InChI is InChI=1S/C16H23ClFN3O2.ClH/c1-10-9-21(6-7-23-10)14(8-20-16(22)11(2)19)15-12(17)4-3-5-13(15)18;/h3-5,10-11,14H,6-9,19H2,1-2H3,(H,20,22);1H. The first-order valence-corrected chi connectivity index (χ1v) is 8.10. The van der Waals surface area contributed by atoms with Gasteiger partial charge in [0.2, 0.25) is 5.91 Å². The van der Waals surface area contributed by atoms with Crippen LogP contribution in [0.5, 0.6) is 0 Å². The van der Waals surface area contributed by atoms with E-state index in [0.717, 1.165) is 0 Å². The Bertz CT molecular complexity index is 540. The zero-order chi connectivity index (χ0) is 17.0. The van der Waals surface area contributed by atoms with Gasteiger partial charge in [0.25, 0.3) is 0 Å². The van der Waals surface area contributed by atoms with Crippen LogP contribution in [0.25, 0.3) is 0 Å². The van der Waals surface area contributed by atoms with Gasteiger partial charge in [-0.05, 0) is 26.0 Å². The maximum atomic E-state index is 14.4. The van der Waals surface area contributed by atoms with E-state index in [-0.39, 0.29) is 42.8 Å². The molecule has 1 amide bonds. The first kappa shape index (κ1) is 21.1. The molecule has 3 N–H and O–H groups in total. The highest BCUT2D eigenvalue weighted by Crippen LogP contribution is 2.31. The molecule has 3 unspecified atom stereocenters. The molecule has 0 saturated carbocycles. The maximum Gasteiger partial charge on any atom is 0.236 e. The summed E-state index contributed by atoms with van der Waals surface area (Å²) in [6, 6.07) is 3.63. The molecule has 0 aromatic heterocycles. The van der Waals surface area contributed by atoms with Crippen LogP contribution in [0.4, 0.5) is 4.39 Å². The van der Waals surface area contributed by atoms with Gasteiger partial charge in [0.15, 0.2) is 0 Å². The highest BCUT2D eigenvalue weighted by Gasteiger charge is 2.29. The van der Waals surface area contributed by atoms with Crippen molar-refractivity contribution >= 4 is 29.9 Å². The van der Waals surface area contributed by atoms with E-state index in [1.165, 1.54) is 6.07 Å². The highest BCUT2D eigenvalue weighted by molar-refractivity contribution is 6.31. The van der Waals surface area contributed by atoms with Crippen molar-refractivity contribution in [3.8, 4) is 0 Å². The molecule has 24 heavy (non-hydrogen) atoms. The minimum absolute atomic E-state index is 0. The van der Waals surface area contributed by atoms with Gasteiger partial charge in [-0.1, -0.05) is 17.7 Å². The number of nitrogens with zero attached hydrogens (tertiary/aromatic N) is 1. The number of amides is 1. The Balaban J connectivity index is 0.00000288. The normalized spacial score (nSPS) is 20.8. The van der Waals surface area contributed by atoms with E-state index in [9.17, 15) is 9.18 Å². The van der Waals surface area contributed by atoms with Crippen LogP contribution in [0.1, 0.15) is 25.5 Å². The molecular weight excluding hydrogens is 356 g/mol. The molecule has 8 heteroatoms. The van der Waals surface area contributed by atoms with Crippen LogP contribution in [-0.2, 0) is 9.53 Å². The fourth-order valence-corrected chi connectivity index (χ4v) is 3.02. The van der Waals surface area contributed by atoms with E-state index in [2.05, 4.69) is 10.2 Å². The average molecular weight is 380 g/mol. The van der Waals surface area contributed by atoms with E-state index < -0.39 is 6.04 Å². The Morgan fingerprint density at radius 3 is 2.88 bits per heavy atom. The second-order valence-electron chi connectivity index (χ2n) is 5.86. The van der Waals surface area contributed by atoms with Gasteiger partial charge in [0.1, 0.15) is 5.82 Å². The van der Waals surface area contributed by atoms with Gasteiger partial charge in [0, 0.05) is 30.2 Å². The predicted molar refractivity (Wildman–Crippen MR) is 95.0 cm³/mol. The van der Waals surface area contributed by atoms with Crippen LogP contribution in [0.2, 0.25) is 5.02 Å². The van der Waals surface area contributed by atoms with Crippen molar-refractivity contribution in [2.24, 2.45) is 5.73 Å². The fraction of sp³-hybridized carbons (Fsp3) is 0.562. The maximum absolute atomic E-state index is 14.4. The molecule has 1 aromatic rings. The third kappa shape index (κ3) is 5.29. The topological polar surface area (TPSA) is 67.6 Å². The third-order valence-electron chi connectivity index (χ3n) is 3.93. The molecule has 0 radical (unpaired) electrons. The zero-order valence-electron chi connectivity index (χ0n) is 13.8. The Morgan fingerprint density at radius 1 is 1.58 bits per heavy atom. The number of nitrogens with one attached hydrogen (secondary N) is 1. The minimum Gasteiger partial charge on any atom is -0.376 e. The van der Waals surface area contributed by atoms with Crippen molar-refractivity contribution in [2.45, 2.75) is 32.0 Å². The van der Waals surface area contributed by atoms with Gasteiger partial charge in [0.05, 0.1) is 24.8 Å². The van der Waals surface area contributed by atoms with E-state index in [1.54, 1.807) is 19.1 Å². The second kappa shape index (κ2) is 9.53. The molecule has 1 fully saturated rings. The lowest BCUT2D eigenvalue weighted by molar-refractivity contribution is -0.122. The van der Waals surface area contributed by atoms with Gasteiger partial charge in [-0.15, -0.1) is 12.4 Å². The van der Waals surface area contributed by atoms with Crippen LogP contribution in [0.15, 0.2) is 18.2 Å². The van der Waals surface area contributed by atoms with Gasteiger partial charge in [-0.25, -0.2) is 4.39 Å². The molecule has 136 valence electrons.